The number of nitrogens with zero attached hydrogens (tertiary/aromatic N) is 3. The molecule has 0 bridgehead atoms. The van der Waals surface area contributed by atoms with Crippen LogP contribution in [0.5, 0.6) is 5.75 Å². The molecule has 6 heteroatoms. The minimum atomic E-state index is -0.191. The normalized spacial score (nSPS) is 10.1. The van der Waals surface area contributed by atoms with Gasteiger partial charge in [0, 0.05) is 13.6 Å². The van der Waals surface area contributed by atoms with Crippen LogP contribution in [-0.4, -0.2) is 40.1 Å². The third-order valence-electron chi connectivity index (χ3n) is 2.54. The summed E-state index contributed by atoms with van der Waals surface area (Å²) >= 11 is 0. The fourth-order valence-corrected chi connectivity index (χ4v) is 1.57. The van der Waals surface area contributed by atoms with Crippen LogP contribution >= 0.6 is 0 Å². The Kier molecular flexibility index (Phi) is 3.57. The Labute approximate surface area is 105 Å². The Hall–Kier alpha value is -2.37. The number of aromatic amines is 1. The summed E-state index contributed by atoms with van der Waals surface area (Å²) in [5.74, 6) is 0.845. The quantitative estimate of drug-likeness (QED) is 0.876. The van der Waals surface area contributed by atoms with E-state index in [1.54, 1.807) is 19.1 Å². The fraction of sp³-hybridized carbons (Fsp3) is 0.250. The minimum Gasteiger partial charge on any atom is -0.497 e. The lowest BCUT2D eigenvalue weighted by Gasteiger charge is -2.15. The van der Waals surface area contributed by atoms with Crippen LogP contribution in [-0.2, 0) is 6.54 Å². The van der Waals surface area contributed by atoms with Crippen LogP contribution in [0.1, 0.15) is 16.2 Å². The molecule has 1 N–H and O–H groups in total. The SMILES string of the molecule is COc1ccc(CN(C)C(=O)c2ncn[nH]2)cc1. The first-order chi connectivity index (χ1) is 8.70. The maximum atomic E-state index is 11.9. The number of amides is 1. The third kappa shape index (κ3) is 2.65. The summed E-state index contributed by atoms with van der Waals surface area (Å²) in [6, 6.07) is 7.57. The fourth-order valence-electron chi connectivity index (χ4n) is 1.57. The predicted octanol–water partition coefficient (Wildman–Crippen LogP) is 1.09. The molecule has 94 valence electrons. The van der Waals surface area contributed by atoms with Crippen LogP contribution < -0.4 is 4.74 Å². The highest BCUT2D eigenvalue weighted by molar-refractivity contribution is 5.90. The van der Waals surface area contributed by atoms with E-state index in [4.69, 9.17) is 4.74 Å². The van der Waals surface area contributed by atoms with Crippen molar-refractivity contribution in [2.75, 3.05) is 14.2 Å². The molecule has 2 aromatic rings. The molecule has 0 atom stereocenters. The van der Waals surface area contributed by atoms with E-state index in [0.29, 0.717) is 6.54 Å². The van der Waals surface area contributed by atoms with Gasteiger partial charge in [-0.15, -0.1) is 0 Å². The average molecular weight is 246 g/mol. The Balaban J connectivity index is 2.02. The van der Waals surface area contributed by atoms with E-state index in [1.807, 2.05) is 24.3 Å². The van der Waals surface area contributed by atoms with Gasteiger partial charge in [-0.2, -0.15) is 5.10 Å². The van der Waals surface area contributed by atoms with Crippen molar-refractivity contribution in [2.45, 2.75) is 6.54 Å². The van der Waals surface area contributed by atoms with Gasteiger partial charge in [-0.1, -0.05) is 12.1 Å². The summed E-state index contributed by atoms with van der Waals surface area (Å²) in [4.78, 5) is 17.3. The first kappa shape index (κ1) is 12.1. The van der Waals surface area contributed by atoms with Crippen LogP contribution in [0.2, 0.25) is 0 Å². The van der Waals surface area contributed by atoms with E-state index in [-0.39, 0.29) is 11.7 Å². The summed E-state index contributed by atoms with van der Waals surface area (Å²) < 4.78 is 5.08. The number of H-pyrrole nitrogens is 1. The lowest BCUT2D eigenvalue weighted by atomic mass is 10.2. The van der Waals surface area contributed by atoms with Crippen LogP contribution in [0, 0.1) is 0 Å². The van der Waals surface area contributed by atoms with Gasteiger partial charge < -0.3 is 9.64 Å². The average Bonchev–Trinajstić information content (AvgIpc) is 2.92. The molecule has 18 heavy (non-hydrogen) atoms. The van der Waals surface area contributed by atoms with Gasteiger partial charge in [-0.3, -0.25) is 9.89 Å². The molecule has 0 aliphatic carbocycles. The van der Waals surface area contributed by atoms with Crippen LogP contribution in [0.4, 0.5) is 0 Å². The van der Waals surface area contributed by atoms with E-state index in [2.05, 4.69) is 15.2 Å². The van der Waals surface area contributed by atoms with Gasteiger partial charge in [0.25, 0.3) is 5.91 Å². The second-order valence-electron chi connectivity index (χ2n) is 3.84. The number of nitrogens with one attached hydrogen (secondary N) is 1. The molecular weight excluding hydrogens is 232 g/mol. The van der Waals surface area contributed by atoms with Crippen molar-refractivity contribution in [2.24, 2.45) is 0 Å². The van der Waals surface area contributed by atoms with Crippen molar-refractivity contribution < 1.29 is 9.53 Å². The van der Waals surface area contributed by atoms with E-state index in [1.165, 1.54) is 6.33 Å². The molecule has 0 radical (unpaired) electrons. The monoisotopic (exact) mass is 246 g/mol. The van der Waals surface area contributed by atoms with Gasteiger partial charge in [0.05, 0.1) is 7.11 Å². The molecule has 1 heterocycles. The number of methoxy groups -OCH3 is 1. The molecule has 0 aliphatic heterocycles. The predicted molar refractivity (Wildman–Crippen MR) is 65.2 cm³/mol. The van der Waals surface area contributed by atoms with E-state index in [9.17, 15) is 4.79 Å². The second kappa shape index (κ2) is 5.31. The topological polar surface area (TPSA) is 71.1 Å². The van der Waals surface area contributed by atoms with Crippen LogP contribution in [0.15, 0.2) is 30.6 Å². The Morgan fingerprint density at radius 2 is 2.11 bits per heavy atom. The molecule has 2 rings (SSSR count). The van der Waals surface area contributed by atoms with Crippen molar-refractivity contribution >= 4 is 5.91 Å². The van der Waals surface area contributed by atoms with Gasteiger partial charge in [0.1, 0.15) is 12.1 Å². The zero-order valence-electron chi connectivity index (χ0n) is 10.3. The summed E-state index contributed by atoms with van der Waals surface area (Å²) in [5, 5.41) is 6.20. The van der Waals surface area contributed by atoms with Crippen molar-refractivity contribution in [3.63, 3.8) is 0 Å². The second-order valence-corrected chi connectivity index (χ2v) is 3.84. The third-order valence-corrected chi connectivity index (χ3v) is 2.54. The molecule has 1 aromatic heterocycles. The zero-order valence-corrected chi connectivity index (χ0v) is 10.3. The number of aromatic nitrogens is 3. The number of hydrogen-bond acceptors (Lipinski definition) is 4. The van der Waals surface area contributed by atoms with Crippen molar-refractivity contribution in [1.29, 1.82) is 0 Å². The number of hydrogen-bond donors (Lipinski definition) is 1. The standard InChI is InChI=1S/C12H14N4O2/c1-16(12(17)11-13-8-14-15-11)7-9-3-5-10(18-2)6-4-9/h3-6,8H,7H2,1-2H3,(H,13,14,15). The zero-order chi connectivity index (χ0) is 13.0. The van der Waals surface area contributed by atoms with Gasteiger partial charge in [-0.25, -0.2) is 4.98 Å². The van der Waals surface area contributed by atoms with Crippen molar-refractivity contribution in [3.05, 3.63) is 42.0 Å². The molecule has 0 saturated carbocycles. The Morgan fingerprint density at radius 1 is 1.39 bits per heavy atom. The smallest absolute Gasteiger partial charge is 0.291 e. The van der Waals surface area contributed by atoms with Crippen LogP contribution in [0.3, 0.4) is 0 Å². The number of benzene rings is 1. The molecule has 0 aliphatic rings. The first-order valence-corrected chi connectivity index (χ1v) is 5.44. The molecule has 1 aromatic carbocycles. The Morgan fingerprint density at radius 3 is 2.67 bits per heavy atom. The number of ether oxygens (including phenoxy) is 1. The first-order valence-electron chi connectivity index (χ1n) is 5.44. The molecule has 6 nitrogen and oxygen atoms in total. The highest BCUT2D eigenvalue weighted by Crippen LogP contribution is 2.13. The maximum Gasteiger partial charge on any atom is 0.291 e. The highest BCUT2D eigenvalue weighted by atomic mass is 16.5. The summed E-state index contributed by atoms with van der Waals surface area (Å²) in [6.07, 6.45) is 1.31. The molecular formula is C12H14N4O2. The van der Waals surface area contributed by atoms with Gasteiger partial charge in [-0.05, 0) is 17.7 Å². The lowest BCUT2D eigenvalue weighted by Crippen LogP contribution is -2.27. The van der Waals surface area contributed by atoms with Gasteiger partial charge >= 0.3 is 0 Å². The van der Waals surface area contributed by atoms with E-state index >= 15 is 0 Å². The molecule has 0 spiro atoms. The van der Waals surface area contributed by atoms with E-state index in [0.717, 1.165) is 11.3 Å². The van der Waals surface area contributed by atoms with E-state index < -0.39 is 0 Å². The molecule has 0 unspecified atom stereocenters. The summed E-state index contributed by atoms with van der Waals surface area (Å²) in [5.41, 5.74) is 1.02. The number of rotatable bonds is 4. The molecule has 0 saturated heterocycles. The van der Waals surface area contributed by atoms with Gasteiger partial charge in [0.15, 0.2) is 0 Å². The van der Waals surface area contributed by atoms with Gasteiger partial charge in [0.2, 0.25) is 5.82 Å². The summed E-state index contributed by atoms with van der Waals surface area (Å²) in [6.45, 7) is 0.503. The largest absolute Gasteiger partial charge is 0.497 e. The van der Waals surface area contributed by atoms with Crippen molar-refractivity contribution in [3.8, 4) is 5.75 Å². The number of carbonyl (C=O) groups excluding carboxylic acids is 1. The molecule has 0 fully saturated rings. The maximum absolute atomic E-state index is 11.9. The van der Waals surface area contributed by atoms with Crippen LogP contribution in [0.25, 0.3) is 0 Å². The lowest BCUT2D eigenvalue weighted by molar-refractivity contribution is 0.0773. The highest BCUT2D eigenvalue weighted by Gasteiger charge is 2.14. The Bertz CT molecular complexity index is 507. The number of carbonyl (C=O) groups is 1. The summed E-state index contributed by atoms with van der Waals surface area (Å²) in [7, 11) is 3.34. The van der Waals surface area contributed by atoms with Crippen molar-refractivity contribution in [1.82, 2.24) is 20.1 Å². The molecule has 1 amide bonds. The minimum absolute atomic E-state index is 0.191.